The number of anilines is 1. The first-order valence-electron chi connectivity index (χ1n) is 11.6. The number of hydrogen-bond donors (Lipinski definition) is 4. The van der Waals surface area contributed by atoms with Crippen LogP contribution in [0.1, 0.15) is 6.04 Å². The number of carbonyl (C=O) groups excluding carboxylic acids is 1. The van der Waals surface area contributed by atoms with Crippen molar-refractivity contribution in [1.29, 1.82) is 0 Å². The number of aliphatic hydroxyl groups is 2. The number of nitrogens with one attached hydrogen (secondary N) is 1. The predicted octanol–water partition coefficient (Wildman–Crippen LogP) is 1.19. The van der Waals surface area contributed by atoms with Crippen molar-refractivity contribution in [2.24, 2.45) is 0 Å². The number of carbonyl (C=O) groups is 1. The van der Waals surface area contributed by atoms with Gasteiger partial charge in [0, 0.05) is 25.2 Å². The molecule has 11 heteroatoms. The number of nitrogens with zero attached hydrogens (tertiary/aromatic N) is 5. The SMILES string of the molecule is Nc1ncnc2c1c(-c1ccc(Oc3ccccc3)cc1)nn2C1CN(C(=O)CNCC(O)CO)C1. The molecule has 0 saturated carbocycles. The molecule has 36 heavy (non-hydrogen) atoms. The number of benzene rings is 2. The van der Waals surface area contributed by atoms with E-state index in [0.717, 1.165) is 11.3 Å². The number of aromatic nitrogens is 4. The molecular formula is C25H27N7O4. The van der Waals surface area contributed by atoms with Crippen LogP contribution in [0.2, 0.25) is 0 Å². The summed E-state index contributed by atoms with van der Waals surface area (Å²) in [6.07, 6.45) is 0.522. The van der Waals surface area contributed by atoms with Gasteiger partial charge in [-0.2, -0.15) is 5.10 Å². The van der Waals surface area contributed by atoms with Crippen LogP contribution in [0.3, 0.4) is 0 Å². The molecule has 2 aromatic carbocycles. The van der Waals surface area contributed by atoms with Crippen molar-refractivity contribution >= 4 is 22.8 Å². The molecule has 0 bridgehead atoms. The van der Waals surface area contributed by atoms with Gasteiger partial charge in [0.2, 0.25) is 5.91 Å². The lowest BCUT2D eigenvalue weighted by Gasteiger charge is -2.39. The first-order valence-corrected chi connectivity index (χ1v) is 11.6. The van der Waals surface area contributed by atoms with Gasteiger partial charge in [0.1, 0.15) is 29.3 Å². The first kappa shape index (κ1) is 23.7. The van der Waals surface area contributed by atoms with Gasteiger partial charge in [-0.15, -0.1) is 0 Å². The Kier molecular flexibility index (Phi) is 6.76. The topological polar surface area (TPSA) is 152 Å². The molecule has 1 atom stereocenters. The molecule has 11 nitrogen and oxygen atoms in total. The summed E-state index contributed by atoms with van der Waals surface area (Å²) in [5, 5.41) is 26.6. The average Bonchev–Trinajstić information content (AvgIpc) is 3.24. The smallest absolute Gasteiger partial charge is 0.236 e. The zero-order valence-electron chi connectivity index (χ0n) is 19.5. The monoisotopic (exact) mass is 489 g/mol. The first-order chi connectivity index (χ1) is 17.5. The van der Waals surface area contributed by atoms with Gasteiger partial charge in [0.05, 0.1) is 30.7 Å². The summed E-state index contributed by atoms with van der Waals surface area (Å²) in [6, 6.07) is 17.1. The molecular weight excluding hydrogens is 462 g/mol. The number of amides is 1. The van der Waals surface area contributed by atoms with Gasteiger partial charge in [0.15, 0.2) is 5.65 Å². The number of nitrogen functional groups attached to an aromatic ring is 1. The summed E-state index contributed by atoms with van der Waals surface area (Å²) in [4.78, 5) is 22.7. The Hall–Kier alpha value is -4.06. The molecule has 0 aliphatic carbocycles. The standard InChI is InChI=1S/C25H27N7O4/c26-24-22-23(16-6-8-20(9-7-16)36-19-4-2-1-3-5-19)30-32(25(22)29-15-28-24)17-12-31(13-17)21(35)11-27-10-18(34)14-33/h1-9,15,17-18,27,33-34H,10-14H2,(H2,26,28,29). The largest absolute Gasteiger partial charge is 0.457 e. The molecule has 0 radical (unpaired) electrons. The molecule has 5 rings (SSSR count). The summed E-state index contributed by atoms with van der Waals surface area (Å²) in [5.74, 6) is 1.70. The fraction of sp³-hybridized carbons (Fsp3) is 0.280. The molecule has 1 saturated heterocycles. The van der Waals surface area contributed by atoms with E-state index in [0.29, 0.717) is 41.4 Å². The molecule has 1 unspecified atom stereocenters. The van der Waals surface area contributed by atoms with E-state index in [1.54, 1.807) is 4.90 Å². The van der Waals surface area contributed by atoms with E-state index >= 15 is 0 Å². The van der Waals surface area contributed by atoms with E-state index in [9.17, 15) is 9.90 Å². The highest BCUT2D eigenvalue weighted by Crippen LogP contribution is 2.34. The summed E-state index contributed by atoms with van der Waals surface area (Å²) >= 11 is 0. The molecule has 186 valence electrons. The Labute approximate surface area is 207 Å². The average molecular weight is 490 g/mol. The second kappa shape index (κ2) is 10.3. The minimum absolute atomic E-state index is 0.0526. The van der Waals surface area contributed by atoms with E-state index < -0.39 is 6.10 Å². The molecule has 1 amide bonds. The third kappa shape index (κ3) is 4.85. The van der Waals surface area contributed by atoms with Gasteiger partial charge >= 0.3 is 0 Å². The second-order valence-electron chi connectivity index (χ2n) is 8.61. The van der Waals surface area contributed by atoms with Crippen LogP contribution in [0, 0.1) is 0 Å². The van der Waals surface area contributed by atoms with E-state index in [4.69, 9.17) is 20.7 Å². The lowest BCUT2D eigenvalue weighted by atomic mass is 10.1. The number of para-hydroxylation sites is 1. The van der Waals surface area contributed by atoms with Crippen molar-refractivity contribution in [2.45, 2.75) is 12.1 Å². The summed E-state index contributed by atoms with van der Waals surface area (Å²) < 4.78 is 7.70. The van der Waals surface area contributed by atoms with Crippen LogP contribution in [-0.2, 0) is 4.79 Å². The second-order valence-corrected chi connectivity index (χ2v) is 8.61. The third-order valence-corrected chi connectivity index (χ3v) is 6.05. The van der Waals surface area contributed by atoms with Gasteiger partial charge in [0.25, 0.3) is 0 Å². The number of nitrogens with two attached hydrogens (primary N) is 1. The molecule has 3 heterocycles. The number of aliphatic hydroxyl groups excluding tert-OH is 2. The van der Waals surface area contributed by atoms with Gasteiger partial charge < -0.3 is 30.9 Å². The Bertz CT molecular complexity index is 1340. The summed E-state index contributed by atoms with van der Waals surface area (Å²) in [6.45, 7) is 0.842. The van der Waals surface area contributed by atoms with E-state index in [1.165, 1.54) is 6.33 Å². The molecule has 2 aromatic heterocycles. The van der Waals surface area contributed by atoms with Crippen LogP contribution in [0.5, 0.6) is 11.5 Å². The van der Waals surface area contributed by atoms with Crippen LogP contribution in [0.4, 0.5) is 5.82 Å². The minimum atomic E-state index is -0.889. The fourth-order valence-electron chi connectivity index (χ4n) is 4.09. The highest BCUT2D eigenvalue weighted by atomic mass is 16.5. The van der Waals surface area contributed by atoms with Crippen LogP contribution in [0.15, 0.2) is 60.9 Å². The molecule has 1 aliphatic rings. The van der Waals surface area contributed by atoms with Crippen LogP contribution in [0.25, 0.3) is 22.3 Å². The summed E-state index contributed by atoms with van der Waals surface area (Å²) in [5.41, 5.74) is 8.35. The van der Waals surface area contributed by atoms with Crippen molar-refractivity contribution in [1.82, 2.24) is 30.0 Å². The molecule has 4 aromatic rings. The minimum Gasteiger partial charge on any atom is -0.457 e. The summed E-state index contributed by atoms with van der Waals surface area (Å²) in [7, 11) is 0. The highest BCUT2D eigenvalue weighted by molar-refractivity contribution is 5.98. The fourth-order valence-corrected chi connectivity index (χ4v) is 4.09. The Balaban J connectivity index is 1.32. The van der Waals surface area contributed by atoms with Crippen LogP contribution in [-0.4, -0.2) is 79.7 Å². The predicted molar refractivity (Wildman–Crippen MR) is 133 cm³/mol. The Morgan fingerprint density at radius 2 is 1.83 bits per heavy atom. The number of fused-ring (bicyclic) bond motifs is 1. The van der Waals surface area contributed by atoms with Crippen LogP contribution >= 0.6 is 0 Å². The highest BCUT2D eigenvalue weighted by Gasteiger charge is 2.34. The maximum atomic E-state index is 12.4. The number of rotatable bonds is 9. The normalized spacial score (nSPS) is 14.6. The maximum Gasteiger partial charge on any atom is 0.236 e. The molecule has 1 aliphatic heterocycles. The molecule has 0 spiro atoms. The molecule has 1 fully saturated rings. The third-order valence-electron chi connectivity index (χ3n) is 6.05. The number of likely N-dealkylation sites (tertiary alicyclic amines) is 1. The van der Waals surface area contributed by atoms with Crippen molar-refractivity contribution in [2.75, 3.05) is 38.5 Å². The van der Waals surface area contributed by atoms with Crippen molar-refractivity contribution in [3.05, 3.63) is 60.9 Å². The van der Waals surface area contributed by atoms with Gasteiger partial charge in [-0.05, 0) is 36.4 Å². The lowest BCUT2D eigenvalue weighted by molar-refractivity contribution is -0.136. The number of ether oxygens (including phenoxy) is 1. The zero-order valence-corrected chi connectivity index (χ0v) is 19.5. The Morgan fingerprint density at radius 3 is 2.56 bits per heavy atom. The van der Waals surface area contributed by atoms with E-state index in [2.05, 4.69) is 15.3 Å². The van der Waals surface area contributed by atoms with E-state index in [1.807, 2.05) is 59.3 Å². The molecule has 5 N–H and O–H groups in total. The lowest BCUT2D eigenvalue weighted by Crippen LogP contribution is -2.53. The van der Waals surface area contributed by atoms with Crippen molar-refractivity contribution in [3.63, 3.8) is 0 Å². The zero-order chi connectivity index (χ0) is 25.1. The van der Waals surface area contributed by atoms with E-state index in [-0.39, 0.29) is 31.6 Å². The van der Waals surface area contributed by atoms with Gasteiger partial charge in [-0.25, -0.2) is 14.6 Å². The van der Waals surface area contributed by atoms with Gasteiger partial charge in [-0.1, -0.05) is 18.2 Å². The number of hydrogen-bond acceptors (Lipinski definition) is 9. The van der Waals surface area contributed by atoms with Crippen LogP contribution < -0.4 is 15.8 Å². The Morgan fingerprint density at radius 1 is 1.11 bits per heavy atom. The quantitative estimate of drug-likeness (QED) is 0.272. The van der Waals surface area contributed by atoms with Gasteiger partial charge in [-0.3, -0.25) is 4.79 Å². The van der Waals surface area contributed by atoms with Crippen molar-refractivity contribution < 1.29 is 19.7 Å². The van der Waals surface area contributed by atoms with Crippen molar-refractivity contribution in [3.8, 4) is 22.8 Å². The maximum absolute atomic E-state index is 12.4.